The van der Waals surface area contributed by atoms with Crippen LogP contribution in [0.4, 0.5) is 17.1 Å². The third kappa shape index (κ3) is 3.97. The maximum Gasteiger partial charge on any atom is 0.135 e. The third-order valence-electron chi connectivity index (χ3n) is 10.1. The molecule has 0 radical (unpaired) electrons. The molecule has 0 amide bonds. The highest BCUT2D eigenvalue weighted by molar-refractivity contribution is 7.26. The SMILES string of the molecule is c1ccc(-n2c3ccccc3c3cccc(N(c4ccc5oc6ccccc6c5c4)c4ccc5sc6ccc7ccccc7c6c5c4)c32)cc1. The van der Waals surface area contributed by atoms with E-state index in [2.05, 4.69) is 167 Å². The average molecular weight is 657 g/mol. The van der Waals surface area contributed by atoms with E-state index in [1.54, 1.807) is 0 Å². The van der Waals surface area contributed by atoms with Crippen molar-refractivity contribution in [1.82, 2.24) is 4.57 Å². The Morgan fingerprint density at radius 3 is 2.04 bits per heavy atom. The number of fused-ring (bicyclic) bond motifs is 11. The van der Waals surface area contributed by atoms with Crippen LogP contribution in [0.3, 0.4) is 0 Å². The molecule has 3 heterocycles. The lowest BCUT2D eigenvalue weighted by Gasteiger charge is -2.27. The first-order valence-electron chi connectivity index (χ1n) is 16.9. The molecule has 8 aromatic carbocycles. The van der Waals surface area contributed by atoms with Gasteiger partial charge < -0.3 is 13.9 Å². The number of benzene rings is 8. The van der Waals surface area contributed by atoms with Crippen molar-refractivity contribution >= 4 is 103 Å². The van der Waals surface area contributed by atoms with Gasteiger partial charge in [-0.1, -0.05) is 97.1 Å². The Kier molecular flexibility index (Phi) is 5.83. The molecule has 0 aliphatic heterocycles. The first-order valence-corrected chi connectivity index (χ1v) is 17.7. The zero-order chi connectivity index (χ0) is 32.8. The Labute approximate surface area is 291 Å². The van der Waals surface area contributed by atoms with E-state index in [0.717, 1.165) is 50.2 Å². The fourth-order valence-electron chi connectivity index (χ4n) is 7.98. The number of furan rings is 1. The summed E-state index contributed by atoms with van der Waals surface area (Å²) in [6.45, 7) is 0. The number of aromatic nitrogens is 1. The van der Waals surface area contributed by atoms with Gasteiger partial charge in [-0.25, -0.2) is 0 Å². The van der Waals surface area contributed by atoms with Crippen molar-refractivity contribution in [2.24, 2.45) is 0 Å². The van der Waals surface area contributed by atoms with E-state index in [1.165, 1.54) is 47.2 Å². The molecule has 0 atom stereocenters. The normalized spacial score (nSPS) is 12.0. The fraction of sp³-hybridized carbons (Fsp3) is 0. The second-order valence-corrected chi connectivity index (χ2v) is 14.0. The summed E-state index contributed by atoms with van der Waals surface area (Å²) in [6.07, 6.45) is 0. The lowest BCUT2D eigenvalue weighted by Crippen LogP contribution is -2.11. The quantitative estimate of drug-likeness (QED) is 0.188. The molecule has 0 saturated carbocycles. The molecule has 0 unspecified atom stereocenters. The highest BCUT2D eigenvalue weighted by atomic mass is 32.1. The van der Waals surface area contributed by atoms with E-state index in [4.69, 9.17) is 4.42 Å². The summed E-state index contributed by atoms with van der Waals surface area (Å²) in [5.41, 5.74) is 8.56. The van der Waals surface area contributed by atoms with Gasteiger partial charge in [-0.15, -0.1) is 11.3 Å². The van der Waals surface area contributed by atoms with Crippen LogP contribution < -0.4 is 4.90 Å². The van der Waals surface area contributed by atoms with Crippen molar-refractivity contribution in [3.63, 3.8) is 0 Å². The summed E-state index contributed by atoms with van der Waals surface area (Å²) in [4.78, 5) is 2.44. The molecule has 0 bridgehead atoms. The van der Waals surface area contributed by atoms with Crippen LogP contribution in [0.5, 0.6) is 0 Å². The Bertz CT molecular complexity index is 3110. The van der Waals surface area contributed by atoms with E-state index >= 15 is 0 Å². The van der Waals surface area contributed by atoms with Crippen LogP contribution in [0.25, 0.3) is 80.4 Å². The zero-order valence-electron chi connectivity index (χ0n) is 26.9. The molecule has 11 aromatic rings. The Morgan fingerprint density at radius 1 is 0.460 bits per heavy atom. The van der Waals surface area contributed by atoms with E-state index in [-0.39, 0.29) is 0 Å². The number of rotatable bonds is 4. The van der Waals surface area contributed by atoms with Gasteiger partial charge in [-0.2, -0.15) is 0 Å². The molecule has 11 rings (SSSR count). The maximum atomic E-state index is 6.30. The van der Waals surface area contributed by atoms with Crippen LogP contribution >= 0.6 is 11.3 Å². The van der Waals surface area contributed by atoms with Crippen molar-refractivity contribution in [2.75, 3.05) is 4.90 Å². The lowest BCUT2D eigenvalue weighted by molar-refractivity contribution is 0.669. The summed E-state index contributed by atoms with van der Waals surface area (Å²) in [6, 6.07) is 61.4. The molecule has 234 valence electrons. The monoisotopic (exact) mass is 656 g/mol. The number of hydrogen-bond donors (Lipinski definition) is 0. The third-order valence-corrected chi connectivity index (χ3v) is 11.3. The number of thiophene rings is 1. The maximum absolute atomic E-state index is 6.30. The highest BCUT2D eigenvalue weighted by Crippen LogP contribution is 2.47. The Balaban J connectivity index is 1.26. The Hall–Kier alpha value is -6.36. The minimum atomic E-state index is 0.886. The van der Waals surface area contributed by atoms with Gasteiger partial charge >= 0.3 is 0 Å². The van der Waals surface area contributed by atoms with Crippen molar-refractivity contribution < 1.29 is 4.42 Å². The van der Waals surface area contributed by atoms with Crippen molar-refractivity contribution in [3.05, 3.63) is 170 Å². The van der Waals surface area contributed by atoms with Gasteiger partial charge in [0.2, 0.25) is 0 Å². The number of nitrogens with zero attached hydrogens (tertiary/aromatic N) is 2. The molecule has 3 nitrogen and oxygen atoms in total. The van der Waals surface area contributed by atoms with Gasteiger partial charge in [0.25, 0.3) is 0 Å². The molecule has 0 fully saturated rings. The minimum absolute atomic E-state index is 0.886. The molecule has 0 N–H and O–H groups in total. The van der Waals surface area contributed by atoms with Gasteiger partial charge in [0.1, 0.15) is 11.2 Å². The smallest absolute Gasteiger partial charge is 0.135 e. The van der Waals surface area contributed by atoms with Gasteiger partial charge in [0.15, 0.2) is 0 Å². The molecule has 0 saturated heterocycles. The summed E-state index contributed by atoms with van der Waals surface area (Å²) in [5, 5.41) is 9.81. The number of hydrogen-bond acceptors (Lipinski definition) is 3. The largest absolute Gasteiger partial charge is 0.456 e. The van der Waals surface area contributed by atoms with Crippen molar-refractivity contribution in [3.8, 4) is 5.69 Å². The number of anilines is 3. The predicted octanol–water partition coefficient (Wildman–Crippen LogP) is 13.7. The van der Waals surface area contributed by atoms with E-state index in [9.17, 15) is 0 Å². The summed E-state index contributed by atoms with van der Waals surface area (Å²) >= 11 is 1.86. The molecule has 0 spiro atoms. The second kappa shape index (κ2) is 10.6. The molecule has 4 heteroatoms. The van der Waals surface area contributed by atoms with Gasteiger partial charge in [0, 0.05) is 58.8 Å². The minimum Gasteiger partial charge on any atom is -0.456 e. The number of para-hydroxylation sites is 4. The first kappa shape index (κ1) is 27.6. The topological polar surface area (TPSA) is 21.3 Å². The predicted molar refractivity (Wildman–Crippen MR) is 213 cm³/mol. The van der Waals surface area contributed by atoms with Crippen LogP contribution in [0.2, 0.25) is 0 Å². The van der Waals surface area contributed by atoms with E-state index in [1.807, 2.05) is 23.5 Å². The van der Waals surface area contributed by atoms with Crippen LogP contribution in [-0.4, -0.2) is 4.57 Å². The first-order chi connectivity index (χ1) is 24.8. The standard InChI is InChI=1S/C46H28N2OS/c1-2-12-30(13-3-1)48-39-18-8-6-15-34(39)36-17-10-19-40(46(36)48)47(31-22-24-42-37(27-31)35-16-7-9-20-41(35)49-42)32-23-26-43-38(28-32)45-33-14-5-4-11-29(33)21-25-44(45)50-43/h1-28H. The molecule has 0 aliphatic carbocycles. The summed E-state index contributed by atoms with van der Waals surface area (Å²) < 4.78 is 11.3. The molecule has 0 aliphatic rings. The van der Waals surface area contributed by atoms with Crippen molar-refractivity contribution in [2.45, 2.75) is 0 Å². The van der Waals surface area contributed by atoms with E-state index in [0.29, 0.717) is 0 Å². The van der Waals surface area contributed by atoms with Gasteiger partial charge in [-0.3, -0.25) is 0 Å². The molecular formula is C46H28N2OS. The van der Waals surface area contributed by atoms with E-state index < -0.39 is 0 Å². The van der Waals surface area contributed by atoms with Gasteiger partial charge in [0.05, 0.1) is 16.7 Å². The fourth-order valence-corrected chi connectivity index (χ4v) is 9.08. The average Bonchev–Trinajstić information content (AvgIpc) is 3.85. The Morgan fingerprint density at radius 2 is 1.14 bits per heavy atom. The lowest BCUT2D eigenvalue weighted by atomic mass is 10.0. The van der Waals surface area contributed by atoms with Crippen LogP contribution in [0.15, 0.2) is 174 Å². The van der Waals surface area contributed by atoms with Crippen LogP contribution in [0, 0.1) is 0 Å². The summed E-state index contributed by atoms with van der Waals surface area (Å²) in [7, 11) is 0. The van der Waals surface area contributed by atoms with Crippen molar-refractivity contribution in [1.29, 1.82) is 0 Å². The summed E-state index contributed by atoms with van der Waals surface area (Å²) in [5.74, 6) is 0. The zero-order valence-corrected chi connectivity index (χ0v) is 27.7. The van der Waals surface area contributed by atoms with Crippen LogP contribution in [0.1, 0.15) is 0 Å². The van der Waals surface area contributed by atoms with Crippen LogP contribution in [-0.2, 0) is 0 Å². The molecular weight excluding hydrogens is 629 g/mol. The van der Waals surface area contributed by atoms with Gasteiger partial charge in [-0.05, 0) is 83.6 Å². The second-order valence-electron chi connectivity index (χ2n) is 12.9. The highest BCUT2D eigenvalue weighted by Gasteiger charge is 2.23. The molecule has 3 aromatic heterocycles. The molecule has 50 heavy (non-hydrogen) atoms.